The number of nitrogens with zero attached hydrogens (tertiary/aromatic N) is 1. The Bertz CT molecular complexity index is 405. The highest BCUT2D eigenvalue weighted by molar-refractivity contribution is 9.10. The first kappa shape index (κ1) is 15.3. The van der Waals surface area contributed by atoms with Crippen molar-refractivity contribution in [2.24, 2.45) is 5.73 Å². The molecule has 1 rings (SSSR count). The highest BCUT2D eigenvalue weighted by atomic mass is 79.9. The number of alkyl halides is 3. The molecule has 0 aliphatic rings. The molecule has 1 aromatic rings. The van der Waals surface area contributed by atoms with E-state index in [2.05, 4.69) is 15.9 Å². The van der Waals surface area contributed by atoms with Crippen molar-refractivity contribution in [3.8, 4) is 0 Å². The molecule has 0 aliphatic heterocycles. The first-order valence-electron chi connectivity index (χ1n) is 5.55. The van der Waals surface area contributed by atoms with E-state index in [0.29, 0.717) is 11.0 Å². The molecular weight excluding hydrogens is 309 g/mol. The lowest BCUT2D eigenvalue weighted by Crippen LogP contribution is -2.26. The summed E-state index contributed by atoms with van der Waals surface area (Å²) in [6.45, 7) is 2.59. The van der Waals surface area contributed by atoms with Crippen LogP contribution in [0.4, 0.5) is 18.9 Å². The van der Waals surface area contributed by atoms with Crippen molar-refractivity contribution in [1.29, 1.82) is 0 Å². The topological polar surface area (TPSA) is 29.3 Å². The monoisotopic (exact) mass is 324 g/mol. The van der Waals surface area contributed by atoms with Crippen LogP contribution in [0.1, 0.15) is 18.9 Å². The summed E-state index contributed by atoms with van der Waals surface area (Å²) in [4.78, 5) is 1.88. The fourth-order valence-electron chi connectivity index (χ4n) is 1.51. The molecule has 2 N–H and O–H groups in total. The minimum absolute atomic E-state index is 0.0701. The predicted octanol–water partition coefficient (Wildman–Crippen LogP) is 3.64. The van der Waals surface area contributed by atoms with Crippen molar-refractivity contribution in [3.63, 3.8) is 0 Å². The summed E-state index contributed by atoms with van der Waals surface area (Å²) < 4.78 is 37.9. The molecule has 0 aliphatic carbocycles. The summed E-state index contributed by atoms with van der Waals surface area (Å²) in [6.07, 6.45) is -3.53. The third-order valence-electron chi connectivity index (χ3n) is 2.61. The van der Waals surface area contributed by atoms with Gasteiger partial charge in [-0.1, -0.05) is 0 Å². The SMILES string of the molecule is CC(N)CCN(C)c1ccc(C(F)(F)F)cc1Br. The molecule has 0 saturated heterocycles. The quantitative estimate of drug-likeness (QED) is 0.916. The van der Waals surface area contributed by atoms with Crippen molar-refractivity contribution in [2.75, 3.05) is 18.5 Å². The largest absolute Gasteiger partial charge is 0.416 e. The zero-order chi connectivity index (χ0) is 13.9. The van der Waals surface area contributed by atoms with Crippen molar-refractivity contribution < 1.29 is 13.2 Å². The van der Waals surface area contributed by atoms with Crippen LogP contribution in [-0.2, 0) is 6.18 Å². The third kappa shape index (κ3) is 4.17. The van der Waals surface area contributed by atoms with Crippen LogP contribution in [0.3, 0.4) is 0 Å². The Balaban J connectivity index is 2.85. The van der Waals surface area contributed by atoms with E-state index in [1.807, 2.05) is 18.9 Å². The van der Waals surface area contributed by atoms with Gasteiger partial charge in [-0.2, -0.15) is 13.2 Å². The molecule has 0 bridgehead atoms. The minimum Gasteiger partial charge on any atom is -0.374 e. The van der Waals surface area contributed by atoms with E-state index in [0.717, 1.165) is 24.2 Å². The van der Waals surface area contributed by atoms with E-state index < -0.39 is 11.7 Å². The van der Waals surface area contributed by atoms with Crippen LogP contribution in [0.5, 0.6) is 0 Å². The Morgan fingerprint density at radius 1 is 1.39 bits per heavy atom. The molecule has 2 nitrogen and oxygen atoms in total. The number of halogens is 4. The van der Waals surface area contributed by atoms with Gasteiger partial charge in [-0.25, -0.2) is 0 Å². The van der Waals surface area contributed by atoms with Crippen molar-refractivity contribution >= 4 is 21.6 Å². The maximum Gasteiger partial charge on any atom is 0.416 e. The van der Waals surface area contributed by atoms with Gasteiger partial charge in [0, 0.05) is 24.1 Å². The molecule has 1 atom stereocenters. The molecule has 102 valence electrons. The maximum atomic E-state index is 12.5. The molecule has 1 aromatic carbocycles. The average Bonchev–Trinajstić information content (AvgIpc) is 2.24. The van der Waals surface area contributed by atoms with Gasteiger partial charge in [-0.3, -0.25) is 0 Å². The van der Waals surface area contributed by atoms with E-state index >= 15 is 0 Å². The summed E-state index contributed by atoms with van der Waals surface area (Å²) in [5, 5.41) is 0. The fourth-order valence-corrected chi connectivity index (χ4v) is 2.19. The lowest BCUT2D eigenvalue weighted by molar-refractivity contribution is -0.137. The van der Waals surface area contributed by atoms with E-state index in [1.165, 1.54) is 6.07 Å². The second-order valence-corrected chi connectivity index (χ2v) is 5.21. The van der Waals surface area contributed by atoms with Gasteiger partial charge < -0.3 is 10.6 Å². The standard InChI is InChI=1S/C12H16BrF3N2/c1-8(17)5-6-18(2)11-4-3-9(7-10(11)13)12(14,15)16/h3-4,7-8H,5-6,17H2,1-2H3. The van der Waals surface area contributed by atoms with Gasteiger partial charge >= 0.3 is 6.18 Å². The Hall–Kier alpha value is -0.750. The Morgan fingerprint density at radius 2 is 2.00 bits per heavy atom. The van der Waals surface area contributed by atoms with Crippen molar-refractivity contribution in [3.05, 3.63) is 28.2 Å². The van der Waals surface area contributed by atoms with Crippen LogP contribution < -0.4 is 10.6 Å². The smallest absolute Gasteiger partial charge is 0.374 e. The number of benzene rings is 1. The number of hydrogen-bond acceptors (Lipinski definition) is 2. The second kappa shape index (κ2) is 5.93. The first-order valence-corrected chi connectivity index (χ1v) is 6.34. The van der Waals surface area contributed by atoms with Gasteiger partial charge in [0.15, 0.2) is 0 Å². The third-order valence-corrected chi connectivity index (χ3v) is 3.24. The molecule has 0 saturated carbocycles. The lowest BCUT2D eigenvalue weighted by atomic mass is 10.2. The van der Waals surface area contributed by atoms with Crippen LogP contribution >= 0.6 is 15.9 Å². The van der Waals surface area contributed by atoms with Gasteiger partial charge in [0.2, 0.25) is 0 Å². The summed E-state index contributed by atoms with van der Waals surface area (Å²) in [5.41, 5.74) is 5.72. The van der Waals surface area contributed by atoms with Gasteiger partial charge in [0.25, 0.3) is 0 Å². The molecular formula is C12H16BrF3N2. The van der Waals surface area contributed by atoms with Gasteiger partial charge in [0.05, 0.1) is 11.3 Å². The van der Waals surface area contributed by atoms with Crippen LogP contribution in [-0.4, -0.2) is 19.6 Å². The molecule has 0 amide bonds. The van der Waals surface area contributed by atoms with Gasteiger partial charge in [0.1, 0.15) is 0 Å². The number of rotatable bonds is 4. The van der Waals surface area contributed by atoms with Crippen LogP contribution in [0.25, 0.3) is 0 Å². The first-order chi connectivity index (χ1) is 8.21. The van der Waals surface area contributed by atoms with Gasteiger partial charge in [-0.05, 0) is 47.5 Å². The zero-order valence-electron chi connectivity index (χ0n) is 10.3. The summed E-state index contributed by atoms with van der Waals surface area (Å²) in [6, 6.07) is 3.72. The highest BCUT2D eigenvalue weighted by Crippen LogP contribution is 2.34. The fraction of sp³-hybridized carbons (Fsp3) is 0.500. The maximum absolute atomic E-state index is 12.5. The second-order valence-electron chi connectivity index (χ2n) is 4.35. The van der Waals surface area contributed by atoms with Crippen LogP contribution in [0.2, 0.25) is 0 Å². The van der Waals surface area contributed by atoms with Gasteiger partial charge in [-0.15, -0.1) is 0 Å². The van der Waals surface area contributed by atoms with E-state index in [9.17, 15) is 13.2 Å². The van der Waals surface area contributed by atoms with E-state index in [1.54, 1.807) is 0 Å². The molecule has 6 heteroatoms. The highest BCUT2D eigenvalue weighted by Gasteiger charge is 2.31. The molecule has 0 spiro atoms. The van der Waals surface area contributed by atoms with Crippen molar-refractivity contribution in [2.45, 2.75) is 25.6 Å². The molecule has 0 fully saturated rings. The van der Waals surface area contributed by atoms with E-state index in [4.69, 9.17) is 5.73 Å². The normalized spacial score (nSPS) is 13.5. The summed E-state index contributed by atoms with van der Waals surface area (Å²) in [7, 11) is 1.83. The lowest BCUT2D eigenvalue weighted by Gasteiger charge is -2.22. The molecule has 0 aromatic heterocycles. The number of hydrogen-bond donors (Lipinski definition) is 1. The van der Waals surface area contributed by atoms with Crippen molar-refractivity contribution in [1.82, 2.24) is 0 Å². The zero-order valence-corrected chi connectivity index (χ0v) is 11.8. The molecule has 1 unspecified atom stereocenters. The molecule has 0 radical (unpaired) electrons. The minimum atomic E-state index is -4.31. The Labute approximate surface area is 113 Å². The van der Waals surface area contributed by atoms with Crippen LogP contribution in [0.15, 0.2) is 22.7 Å². The summed E-state index contributed by atoms with van der Waals surface area (Å²) >= 11 is 3.17. The summed E-state index contributed by atoms with van der Waals surface area (Å²) in [5.74, 6) is 0. The molecule has 0 heterocycles. The molecule has 18 heavy (non-hydrogen) atoms. The average molecular weight is 325 g/mol. The van der Waals surface area contributed by atoms with E-state index in [-0.39, 0.29) is 6.04 Å². The Morgan fingerprint density at radius 3 is 2.44 bits per heavy atom. The number of anilines is 1. The number of nitrogens with two attached hydrogens (primary N) is 1. The Kier molecular flexibility index (Phi) is 5.04. The van der Waals surface area contributed by atoms with Crippen LogP contribution in [0, 0.1) is 0 Å². The predicted molar refractivity (Wildman–Crippen MR) is 70.7 cm³/mol.